The molecule has 1 aromatic rings. The summed E-state index contributed by atoms with van der Waals surface area (Å²) in [5, 5.41) is 21.6. The van der Waals surface area contributed by atoms with E-state index < -0.39 is 81.7 Å². The summed E-state index contributed by atoms with van der Waals surface area (Å²) in [4.78, 5) is 75.6. The Kier molecular flexibility index (Phi) is 6.67. The molecule has 0 aromatic carbocycles. The van der Waals surface area contributed by atoms with E-state index in [9.17, 15) is 47.4 Å². The number of methoxy groups -OCH3 is 1. The first-order valence-corrected chi connectivity index (χ1v) is 10.9. The molecule has 1 aromatic heterocycles. The molecule has 0 saturated carbocycles. The maximum Gasteiger partial charge on any atom is 0.361 e. The maximum atomic E-state index is 13.2. The van der Waals surface area contributed by atoms with Gasteiger partial charge in [0.1, 0.15) is 17.8 Å². The zero-order valence-electron chi connectivity index (χ0n) is 17.7. The summed E-state index contributed by atoms with van der Waals surface area (Å²) in [6.45, 7) is -0.602. The van der Waals surface area contributed by atoms with Gasteiger partial charge in [-0.25, -0.2) is 24.1 Å². The van der Waals surface area contributed by atoms with Gasteiger partial charge in [-0.15, -0.1) is 4.41 Å². The minimum Gasteiger partial charge on any atom is -0.503 e. The molecule has 19 heteroatoms. The number of aliphatic hydroxyl groups excluding tert-OH is 1. The smallest absolute Gasteiger partial charge is 0.361 e. The number of amides is 6. The third-order valence-corrected chi connectivity index (χ3v) is 6.62. The van der Waals surface area contributed by atoms with E-state index in [0.717, 1.165) is 7.11 Å². The number of urea groups is 2. The van der Waals surface area contributed by atoms with Gasteiger partial charge in [-0.3, -0.25) is 19.3 Å². The minimum absolute atomic E-state index is 0.0949. The fourth-order valence-corrected chi connectivity index (χ4v) is 4.45. The Morgan fingerprint density at radius 3 is 2.51 bits per heavy atom. The van der Waals surface area contributed by atoms with Crippen molar-refractivity contribution in [3.05, 3.63) is 28.2 Å². The SMILES string of the molecule is COC(=O)C(O)C1C(N)C(=O)N1C(=O)N(NC(=O)c1cc(=O)c(O)c[nH]1)S(=O)(=O)N1CCNC1=O. The number of carbonyl (C=O) groups is 5. The fourth-order valence-electron chi connectivity index (χ4n) is 3.17. The second kappa shape index (κ2) is 9.19. The predicted octanol–water partition coefficient (Wildman–Crippen LogP) is -4.51. The van der Waals surface area contributed by atoms with Gasteiger partial charge < -0.3 is 31.0 Å². The van der Waals surface area contributed by atoms with Gasteiger partial charge in [0.15, 0.2) is 11.9 Å². The number of pyridine rings is 1. The molecule has 0 aliphatic carbocycles. The van der Waals surface area contributed by atoms with E-state index in [2.05, 4.69) is 15.0 Å². The molecule has 2 fully saturated rings. The van der Waals surface area contributed by atoms with E-state index in [0.29, 0.717) is 12.3 Å². The second-order valence-electron chi connectivity index (χ2n) is 7.09. The molecule has 2 saturated heterocycles. The number of nitrogens with one attached hydrogen (secondary N) is 3. The number of aromatic amines is 1. The molecule has 3 atom stereocenters. The number of nitrogens with zero attached hydrogens (tertiary/aromatic N) is 3. The van der Waals surface area contributed by atoms with E-state index >= 15 is 0 Å². The van der Waals surface area contributed by atoms with Crippen LogP contribution >= 0.6 is 0 Å². The lowest BCUT2D eigenvalue weighted by molar-refractivity contribution is -0.164. The minimum atomic E-state index is -5.21. The summed E-state index contributed by atoms with van der Waals surface area (Å²) in [5.74, 6) is -4.70. The molecule has 7 N–H and O–H groups in total. The number of rotatable bonds is 5. The summed E-state index contributed by atoms with van der Waals surface area (Å²) < 4.78 is 30.3. The monoisotopic (exact) mass is 517 g/mol. The van der Waals surface area contributed by atoms with Gasteiger partial charge in [0, 0.05) is 18.8 Å². The zero-order chi connectivity index (χ0) is 26.2. The number of hydrogen-bond acceptors (Lipinski definition) is 12. The molecule has 35 heavy (non-hydrogen) atoms. The van der Waals surface area contributed by atoms with Gasteiger partial charge >= 0.3 is 28.2 Å². The summed E-state index contributed by atoms with van der Waals surface area (Å²) >= 11 is 0. The van der Waals surface area contributed by atoms with Gasteiger partial charge in [0.2, 0.25) is 11.3 Å². The van der Waals surface area contributed by atoms with Crippen molar-refractivity contribution in [3.63, 3.8) is 0 Å². The Labute approximate surface area is 195 Å². The molecule has 190 valence electrons. The Morgan fingerprint density at radius 1 is 1.31 bits per heavy atom. The number of nitrogens with two attached hydrogens (primary N) is 1. The third-order valence-electron chi connectivity index (χ3n) is 5.00. The largest absolute Gasteiger partial charge is 0.503 e. The number of β-lactam (4-membered cyclic amide) rings is 1. The molecule has 3 unspecified atom stereocenters. The number of carbonyl (C=O) groups excluding carboxylic acids is 5. The lowest BCUT2D eigenvalue weighted by Gasteiger charge is -2.46. The second-order valence-corrected chi connectivity index (χ2v) is 8.79. The summed E-state index contributed by atoms with van der Waals surface area (Å²) in [6, 6.07) is -5.78. The van der Waals surface area contributed by atoms with Crippen LogP contribution in [0.15, 0.2) is 17.1 Å². The van der Waals surface area contributed by atoms with Gasteiger partial charge in [-0.1, -0.05) is 0 Å². The number of hydrazine groups is 1. The lowest BCUT2D eigenvalue weighted by atomic mass is 9.91. The van der Waals surface area contributed by atoms with E-state index in [1.807, 2.05) is 0 Å². The van der Waals surface area contributed by atoms with Gasteiger partial charge in [-0.2, -0.15) is 8.42 Å². The van der Waals surface area contributed by atoms with Crippen LogP contribution < -0.4 is 21.9 Å². The molecular formula is C16H19N7O11S. The van der Waals surface area contributed by atoms with Crippen LogP contribution in [0.25, 0.3) is 0 Å². The Bertz CT molecular complexity index is 1260. The highest BCUT2D eigenvalue weighted by Crippen LogP contribution is 2.26. The standard InChI is InChI=1S/C16H19N7O11S/c1-34-14(29)11(26)10-9(17)13(28)22(10)16(31)23(35(32,33)21-3-2-18-15(21)30)20-12(27)6-4-7(24)8(25)5-19-6/h4-5,9-11,25-26H,2-3,17H2,1H3,(H,18,30)(H,19,24)(H,20,27). The Hall–Kier alpha value is -4.23. The van der Waals surface area contributed by atoms with Crippen molar-refractivity contribution in [3.8, 4) is 5.75 Å². The van der Waals surface area contributed by atoms with Crippen LogP contribution in [0.2, 0.25) is 0 Å². The Morgan fingerprint density at radius 2 is 1.97 bits per heavy atom. The number of esters is 1. The van der Waals surface area contributed by atoms with Crippen LogP contribution in [0.4, 0.5) is 9.59 Å². The van der Waals surface area contributed by atoms with Crippen molar-refractivity contribution in [1.29, 1.82) is 0 Å². The van der Waals surface area contributed by atoms with Crippen LogP contribution in [-0.2, 0) is 24.5 Å². The molecule has 0 radical (unpaired) electrons. The maximum absolute atomic E-state index is 13.2. The quantitative estimate of drug-likeness (QED) is 0.123. The van der Waals surface area contributed by atoms with E-state index in [1.165, 1.54) is 0 Å². The van der Waals surface area contributed by atoms with Gasteiger partial charge in [-0.05, 0) is 0 Å². The average Bonchev–Trinajstić information content (AvgIpc) is 3.27. The molecule has 3 heterocycles. The molecule has 18 nitrogen and oxygen atoms in total. The number of ether oxygens (including phenoxy) is 1. The number of likely N-dealkylation sites (tertiary alicyclic amines) is 1. The number of imide groups is 1. The first-order valence-electron chi connectivity index (χ1n) is 9.55. The fraction of sp³-hybridized carbons (Fsp3) is 0.375. The number of aromatic hydroxyl groups is 1. The van der Waals surface area contributed by atoms with Crippen molar-refractivity contribution >= 4 is 40.1 Å². The number of aromatic nitrogens is 1. The zero-order valence-corrected chi connectivity index (χ0v) is 18.5. The topological polar surface area (TPSA) is 262 Å². The molecule has 2 aliphatic heterocycles. The Balaban J connectivity index is 2.01. The lowest BCUT2D eigenvalue weighted by Crippen LogP contribution is -2.77. The highest BCUT2D eigenvalue weighted by Gasteiger charge is 2.57. The van der Waals surface area contributed by atoms with Gasteiger partial charge in [0.05, 0.1) is 13.7 Å². The summed E-state index contributed by atoms with van der Waals surface area (Å²) in [5.41, 5.74) is 5.57. The molecule has 3 rings (SSSR count). The molecule has 0 bridgehead atoms. The normalized spacial score (nSPS) is 20.5. The first kappa shape index (κ1) is 25.4. The van der Waals surface area contributed by atoms with Crippen molar-refractivity contribution < 1.29 is 47.3 Å². The van der Waals surface area contributed by atoms with Crippen molar-refractivity contribution in [2.75, 3.05) is 20.2 Å². The molecular weight excluding hydrogens is 498 g/mol. The number of hydrogen-bond donors (Lipinski definition) is 6. The van der Waals surface area contributed by atoms with Gasteiger partial charge in [0.25, 0.3) is 5.91 Å². The molecule has 6 amide bonds. The van der Waals surface area contributed by atoms with Crippen LogP contribution in [0.5, 0.6) is 5.75 Å². The van der Waals surface area contributed by atoms with Crippen molar-refractivity contribution in [2.24, 2.45) is 5.73 Å². The van der Waals surface area contributed by atoms with Crippen LogP contribution in [0.1, 0.15) is 10.5 Å². The number of aliphatic hydroxyl groups is 1. The molecule has 0 spiro atoms. The predicted molar refractivity (Wildman–Crippen MR) is 109 cm³/mol. The van der Waals surface area contributed by atoms with E-state index in [1.54, 1.807) is 5.43 Å². The average molecular weight is 517 g/mol. The van der Waals surface area contributed by atoms with Crippen molar-refractivity contribution in [1.82, 2.24) is 29.3 Å². The summed E-state index contributed by atoms with van der Waals surface area (Å²) in [7, 11) is -4.31. The summed E-state index contributed by atoms with van der Waals surface area (Å²) in [6.07, 6.45) is -1.45. The molecule has 2 aliphatic rings. The number of H-pyrrole nitrogens is 1. The highest BCUT2D eigenvalue weighted by atomic mass is 32.2. The van der Waals surface area contributed by atoms with Crippen LogP contribution in [0.3, 0.4) is 0 Å². The van der Waals surface area contributed by atoms with E-state index in [-0.39, 0.29) is 20.2 Å². The van der Waals surface area contributed by atoms with Crippen molar-refractivity contribution in [2.45, 2.75) is 18.2 Å². The highest BCUT2D eigenvalue weighted by molar-refractivity contribution is 7.87. The van der Waals surface area contributed by atoms with Crippen LogP contribution in [0, 0.1) is 0 Å². The van der Waals surface area contributed by atoms with E-state index in [4.69, 9.17) is 5.73 Å². The first-order chi connectivity index (χ1) is 16.3. The van der Waals surface area contributed by atoms with Crippen LogP contribution in [-0.4, -0.2) is 105 Å². The third kappa shape index (κ3) is 4.34.